The van der Waals surface area contributed by atoms with Crippen LogP contribution in [0.3, 0.4) is 0 Å². The second-order valence-electron chi connectivity index (χ2n) is 4.82. The quantitative estimate of drug-likeness (QED) is 0.298. The molecule has 0 radical (unpaired) electrons. The predicted octanol–water partition coefficient (Wildman–Crippen LogP) is -0.785. The molecule has 0 atom stereocenters. The topological polar surface area (TPSA) is 129 Å². The van der Waals surface area contributed by atoms with Gasteiger partial charge in [0.2, 0.25) is 5.88 Å². The summed E-state index contributed by atoms with van der Waals surface area (Å²) in [6.07, 6.45) is 1.09. The minimum Gasteiger partial charge on any atom is -0.497 e. The van der Waals surface area contributed by atoms with Gasteiger partial charge in [0.05, 0.1) is 33.0 Å². The highest BCUT2D eigenvalue weighted by Crippen LogP contribution is 2.14. The molecule has 0 aliphatic heterocycles. The summed E-state index contributed by atoms with van der Waals surface area (Å²) in [6, 6.07) is 6.94. The summed E-state index contributed by atoms with van der Waals surface area (Å²) in [7, 11) is 1.55. The van der Waals surface area contributed by atoms with Crippen molar-refractivity contribution >= 4 is 6.21 Å². The smallest absolute Gasteiger partial charge is 0.331 e. The Labute approximate surface area is 136 Å². The summed E-state index contributed by atoms with van der Waals surface area (Å²) in [6.45, 7) is 0.133. The fraction of sp³-hybridized carbons (Fsp3) is 0.267. The first kappa shape index (κ1) is 17.3. The zero-order chi connectivity index (χ0) is 17.5. The van der Waals surface area contributed by atoms with Crippen molar-refractivity contribution in [3.8, 4) is 11.6 Å². The maximum atomic E-state index is 11.9. The fourth-order valence-electron chi connectivity index (χ4n) is 1.98. The van der Waals surface area contributed by atoms with Crippen LogP contribution in [0.5, 0.6) is 11.6 Å². The van der Waals surface area contributed by atoms with Crippen LogP contribution in [-0.2, 0) is 6.54 Å². The van der Waals surface area contributed by atoms with Gasteiger partial charge in [-0.15, -0.1) is 0 Å². The van der Waals surface area contributed by atoms with Gasteiger partial charge in [-0.1, -0.05) is 12.1 Å². The van der Waals surface area contributed by atoms with Crippen LogP contribution < -0.4 is 21.4 Å². The Hall–Kier alpha value is -3.07. The third kappa shape index (κ3) is 4.02. The molecule has 9 nitrogen and oxygen atoms in total. The summed E-state index contributed by atoms with van der Waals surface area (Å²) in [4.78, 5) is 25.9. The highest BCUT2D eigenvalue weighted by molar-refractivity contribution is 5.81. The van der Waals surface area contributed by atoms with Crippen molar-refractivity contribution in [1.29, 1.82) is 0 Å². The van der Waals surface area contributed by atoms with Crippen LogP contribution in [0.15, 0.2) is 39.0 Å². The lowest BCUT2D eigenvalue weighted by Gasteiger charge is -2.10. The van der Waals surface area contributed by atoms with E-state index >= 15 is 0 Å². The minimum absolute atomic E-state index is 0.0658. The Balaban J connectivity index is 2.33. The number of ether oxygens (including phenoxy) is 1. The standard InChI is InChI=1S/C15H18N4O5/c1-24-11-4-2-10(3-5-11)9-19-14(22)12(8-17-16-6-7-20)13(21)18-15(19)23/h2-5,8,16,20,22H,6-7,9H2,1H3,(H,18,21,23). The average molecular weight is 334 g/mol. The van der Waals surface area contributed by atoms with E-state index in [0.29, 0.717) is 5.75 Å². The number of aromatic nitrogens is 2. The lowest BCUT2D eigenvalue weighted by atomic mass is 10.2. The number of hydrogen-bond acceptors (Lipinski definition) is 7. The second kappa shape index (κ2) is 7.97. The molecule has 0 amide bonds. The van der Waals surface area contributed by atoms with E-state index in [4.69, 9.17) is 9.84 Å². The van der Waals surface area contributed by atoms with Crippen molar-refractivity contribution in [3.63, 3.8) is 0 Å². The van der Waals surface area contributed by atoms with Gasteiger partial charge >= 0.3 is 5.69 Å². The average Bonchev–Trinajstić information content (AvgIpc) is 2.58. The van der Waals surface area contributed by atoms with Gasteiger partial charge in [-0.25, -0.2) is 4.79 Å². The Bertz CT molecular complexity index is 823. The number of hydrogen-bond donors (Lipinski definition) is 4. The van der Waals surface area contributed by atoms with Crippen LogP contribution in [0.25, 0.3) is 0 Å². The molecule has 1 heterocycles. The van der Waals surface area contributed by atoms with Gasteiger partial charge in [-0.2, -0.15) is 5.10 Å². The van der Waals surface area contributed by atoms with Crippen LogP contribution in [0.1, 0.15) is 11.1 Å². The normalized spacial score (nSPS) is 10.9. The van der Waals surface area contributed by atoms with E-state index in [0.717, 1.165) is 16.3 Å². The van der Waals surface area contributed by atoms with Crippen LogP contribution in [0.2, 0.25) is 0 Å². The summed E-state index contributed by atoms with van der Waals surface area (Å²) in [5.74, 6) is 0.175. The molecule has 9 heteroatoms. The summed E-state index contributed by atoms with van der Waals surface area (Å²) >= 11 is 0. The lowest BCUT2D eigenvalue weighted by molar-refractivity contribution is 0.294. The van der Waals surface area contributed by atoms with E-state index in [1.165, 1.54) is 0 Å². The molecule has 0 saturated carbocycles. The SMILES string of the molecule is COc1ccc(Cn2c(O)c(C=NNCCO)c(=O)[nH]c2=O)cc1. The Morgan fingerprint density at radius 2 is 2.04 bits per heavy atom. The molecule has 0 unspecified atom stereocenters. The maximum Gasteiger partial charge on any atom is 0.331 e. The number of nitrogens with one attached hydrogen (secondary N) is 2. The summed E-state index contributed by atoms with van der Waals surface area (Å²) < 4.78 is 6.08. The molecule has 2 aromatic rings. The van der Waals surface area contributed by atoms with E-state index in [2.05, 4.69) is 15.5 Å². The van der Waals surface area contributed by atoms with E-state index in [1.54, 1.807) is 31.4 Å². The molecule has 128 valence electrons. The number of aromatic hydroxyl groups is 1. The zero-order valence-corrected chi connectivity index (χ0v) is 13.0. The van der Waals surface area contributed by atoms with Crippen LogP contribution in [0, 0.1) is 0 Å². The van der Waals surface area contributed by atoms with E-state index in [9.17, 15) is 14.7 Å². The first-order valence-electron chi connectivity index (χ1n) is 7.12. The predicted molar refractivity (Wildman–Crippen MR) is 87.8 cm³/mol. The monoisotopic (exact) mass is 334 g/mol. The maximum absolute atomic E-state index is 11.9. The number of rotatable bonds is 7. The van der Waals surface area contributed by atoms with Crippen molar-refractivity contribution in [2.45, 2.75) is 6.54 Å². The van der Waals surface area contributed by atoms with Gasteiger partial charge in [-0.05, 0) is 17.7 Å². The Morgan fingerprint density at radius 1 is 1.33 bits per heavy atom. The van der Waals surface area contributed by atoms with Gasteiger partial charge in [0.25, 0.3) is 5.56 Å². The molecule has 1 aromatic carbocycles. The summed E-state index contributed by atoms with van der Waals surface area (Å²) in [5, 5.41) is 22.6. The van der Waals surface area contributed by atoms with E-state index in [-0.39, 0.29) is 25.3 Å². The number of aliphatic hydroxyl groups is 1. The molecule has 2 rings (SSSR count). The molecule has 0 bridgehead atoms. The zero-order valence-electron chi connectivity index (χ0n) is 13.0. The molecule has 0 saturated heterocycles. The number of aliphatic hydroxyl groups excluding tert-OH is 1. The van der Waals surface area contributed by atoms with Crippen molar-refractivity contribution < 1.29 is 14.9 Å². The molecular formula is C15H18N4O5. The number of methoxy groups -OCH3 is 1. The third-order valence-electron chi connectivity index (χ3n) is 3.22. The second-order valence-corrected chi connectivity index (χ2v) is 4.82. The Kier molecular flexibility index (Phi) is 5.74. The molecule has 0 spiro atoms. The highest BCUT2D eigenvalue weighted by Gasteiger charge is 2.13. The van der Waals surface area contributed by atoms with Crippen molar-refractivity contribution in [3.05, 3.63) is 56.2 Å². The first-order valence-corrected chi connectivity index (χ1v) is 7.12. The highest BCUT2D eigenvalue weighted by atomic mass is 16.5. The van der Waals surface area contributed by atoms with Crippen LogP contribution in [0.4, 0.5) is 0 Å². The minimum atomic E-state index is -0.752. The molecule has 0 aliphatic carbocycles. The number of H-pyrrole nitrogens is 1. The summed E-state index contributed by atoms with van der Waals surface area (Å²) in [5.41, 5.74) is 1.59. The number of benzene rings is 1. The van der Waals surface area contributed by atoms with E-state index in [1.807, 2.05) is 0 Å². The number of aromatic amines is 1. The van der Waals surface area contributed by atoms with Gasteiger partial charge in [0.15, 0.2) is 0 Å². The van der Waals surface area contributed by atoms with Crippen LogP contribution in [-0.4, -0.2) is 46.2 Å². The molecule has 0 fully saturated rings. The van der Waals surface area contributed by atoms with Crippen molar-refractivity contribution in [1.82, 2.24) is 15.0 Å². The fourth-order valence-corrected chi connectivity index (χ4v) is 1.98. The molecule has 24 heavy (non-hydrogen) atoms. The largest absolute Gasteiger partial charge is 0.497 e. The van der Waals surface area contributed by atoms with E-state index < -0.39 is 17.1 Å². The molecular weight excluding hydrogens is 316 g/mol. The number of hydrazone groups is 1. The third-order valence-corrected chi connectivity index (χ3v) is 3.22. The van der Waals surface area contributed by atoms with Crippen molar-refractivity contribution in [2.75, 3.05) is 20.3 Å². The lowest BCUT2D eigenvalue weighted by Crippen LogP contribution is -2.32. The molecule has 0 aliphatic rings. The van der Waals surface area contributed by atoms with Gasteiger partial charge in [-0.3, -0.25) is 14.3 Å². The van der Waals surface area contributed by atoms with Crippen molar-refractivity contribution in [2.24, 2.45) is 5.10 Å². The van der Waals surface area contributed by atoms with Gasteiger partial charge in [0.1, 0.15) is 11.3 Å². The van der Waals surface area contributed by atoms with Gasteiger partial charge in [0, 0.05) is 0 Å². The van der Waals surface area contributed by atoms with Crippen LogP contribution >= 0.6 is 0 Å². The molecule has 1 aromatic heterocycles. The van der Waals surface area contributed by atoms with Gasteiger partial charge < -0.3 is 20.4 Å². The molecule has 4 N–H and O–H groups in total. The Morgan fingerprint density at radius 3 is 2.67 bits per heavy atom. The first-order chi connectivity index (χ1) is 11.6. The number of nitrogens with zero attached hydrogens (tertiary/aromatic N) is 2.